The second-order valence-electron chi connectivity index (χ2n) is 8.13. The maximum absolute atomic E-state index is 13.5. The molecule has 0 spiro atoms. The molecule has 1 saturated heterocycles. The van der Waals surface area contributed by atoms with Crippen LogP contribution >= 0.6 is 0 Å². The largest absolute Gasteiger partial charge is 0.385 e. The number of carbonyl (C=O) groups excluding carboxylic acids is 1. The molecule has 1 aliphatic heterocycles. The SMILES string of the molecule is CCCc1ncncc1C(=O)N1CC[C@@](O)(c2ccccc2)[C@H]2CCCC[C@@H]21. The molecular formula is C23H29N3O2. The molecule has 5 nitrogen and oxygen atoms in total. The van der Waals surface area contributed by atoms with Gasteiger partial charge in [-0.1, -0.05) is 56.5 Å². The zero-order chi connectivity index (χ0) is 19.6. The Kier molecular flexibility index (Phi) is 5.44. The van der Waals surface area contributed by atoms with Gasteiger partial charge in [0.15, 0.2) is 0 Å². The first-order chi connectivity index (χ1) is 13.6. The van der Waals surface area contributed by atoms with E-state index in [-0.39, 0.29) is 17.9 Å². The van der Waals surface area contributed by atoms with Crippen molar-refractivity contribution in [1.82, 2.24) is 14.9 Å². The maximum Gasteiger partial charge on any atom is 0.257 e. The summed E-state index contributed by atoms with van der Waals surface area (Å²) < 4.78 is 0. The molecule has 148 valence electrons. The Hall–Kier alpha value is -2.27. The highest BCUT2D eigenvalue weighted by molar-refractivity contribution is 5.95. The van der Waals surface area contributed by atoms with Crippen molar-refractivity contribution < 1.29 is 9.90 Å². The second-order valence-corrected chi connectivity index (χ2v) is 8.13. The first-order valence-corrected chi connectivity index (χ1v) is 10.5. The summed E-state index contributed by atoms with van der Waals surface area (Å²) in [6.07, 6.45) is 9.58. The normalized spacial score (nSPS) is 27.3. The minimum Gasteiger partial charge on any atom is -0.385 e. The Balaban J connectivity index is 1.65. The van der Waals surface area contributed by atoms with Crippen LogP contribution in [0.3, 0.4) is 0 Å². The third kappa shape index (κ3) is 3.32. The van der Waals surface area contributed by atoms with Crippen LogP contribution in [-0.2, 0) is 12.0 Å². The van der Waals surface area contributed by atoms with Crippen molar-refractivity contribution in [2.45, 2.75) is 63.5 Å². The quantitative estimate of drug-likeness (QED) is 0.879. The fourth-order valence-electron chi connectivity index (χ4n) is 5.15. The molecule has 3 atom stereocenters. The number of amides is 1. The molecule has 1 N–H and O–H groups in total. The molecule has 1 saturated carbocycles. The summed E-state index contributed by atoms with van der Waals surface area (Å²) in [6.45, 7) is 2.65. The Morgan fingerprint density at radius 3 is 2.82 bits per heavy atom. The monoisotopic (exact) mass is 379 g/mol. The van der Waals surface area contributed by atoms with Crippen LogP contribution in [-0.4, -0.2) is 38.5 Å². The van der Waals surface area contributed by atoms with Gasteiger partial charge >= 0.3 is 0 Å². The molecule has 2 aliphatic rings. The highest BCUT2D eigenvalue weighted by Gasteiger charge is 2.50. The Bertz CT molecular complexity index is 826. The molecule has 2 fully saturated rings. The predicted octanol–water partition coefficient (Wildman–Crippen LogP) is 3.72. The van der Waals surface area contributed by atoms with Crippen LogP contribution in [0.4, 0.5) is 0 Å². The van der Waals surface area contributed by atoms with E-state index in [9.17, 15) is 9.90 Å². The zero-order valence-electron chi connectivity index (χ0n) is 16.6. The lowest BCUT2D eigenvalue weighted by molar-refractivity contribution is -0.110. The van der Waals surface area contributed by atoms with Crippen molar-refractivity contribution in [3.8, 4) is 0 Å². The van der Waals surface area contributed by atoms with Crippen LogP contribution in [0, 0.1) is 5.92 Å². The van der Waals surface area contributed by atoms with Gasteiger partial charge in [-0.3, -0.25) is 4.79 Å². The van der Waals surface area contributed by atoms with Gasteiger partial charge in [0, 0.05) is 24.7 Å². The van der Waals surface area contributed by atoms with Gasteiger partial charge in [-0.2, -0.15) is 0 Å². The Labute approximate surface area is 166 Å². The Morgan fingerprint density at radius 2 is 2.04 bits per heavy atom. The van der Waals surface area contributed by atoms with E-state index >= 15 is 0 Å². The molecule has 28 heavy (non-hydrogen) atoms. The van der Waals surface area contributed by atoms with E-state index in [0.29, 0.717) is 18.5 Å². The third-order valence-electron chi connectivity index (χ3n) is 6.52. The van der Waals surface area contributed by atoms with Crippen LogP contribution in [0.5, 0.6) is 0 Å². The van der Waals surface area contributed by atoms with Gasteiger partial charge in [-0.05, 0) is 31.2 Å². The number of hydrogen-bond donors (Lipinski definition) is 1. The smallest absolute Gasteiger partial charge is 0.257 e. The summed E-state index contributed by atoms with van der Waals surface area (Å²) in [6, 6.07) is 10.1. The number of piperidine rings is 1. The lowest BCUT2D eigenvalue weighted by Gasteiger charge is -2.52. The molecule has 1 amide bonds. The topological polar surface area (TPSA) is 66.3 Å². The number of likely N-dealkylation sites (tertiary alicyclic amines) is 1. The Morgan fingerprint density at radius 1 is 1.25 bits per heavy atom. The first kappa shape index (κ1) is 19.1. The van der Waals surface area contributed by atoms with E-state index in [1.807, 2.05) is 35.2 Å². The van der Waals surface area contributed by atoms with Crippen LogP contribution in [0.1, 0.15) is 67.1 Å². The molecule has 1 aliphatic carbocycles. The third-order valence-corrected chi connectivity index (χ3v) is 6.52. The first-order valence-electron chi connectivity index (χ1n) is 10.5. The van der Waals surface area contributed by atoms with Gasteiger partial charge in [0.25, 0.3) is 5.91 Å². The molecule has 1 aromatic heterocycles. The van der Waals surface area contributed by atoms with Crippen LogP contribution in [0.15, 0.2) is 42.9 Å². The van der Waals surface area contributed by atoms with E-state index in [2.05, 4.69) is 16.9 Å². The molecule has 4 rings (SSSR count). The van der Waals surface area contributed by atoms with Gasteiger partial charge < -0.3 is 10.0 Å². The molecule has 0 radical (unpaired) electrons. The van der Waals surface area contributed by atoms with Crippen molar-refractivity contribution in [2.75, 3.05) is 6.54 Å². The van der Waals surface area contributed by atoms with Crippen LogP contribution in [0.25, 0.3) is 0 Å². The van der Waals surface area contributed by atoms with Gasteiger partial charge in [0.05, 0.1) is 16.9 Å². The average molecular weight is 380 g/mol. The number of benzene rings is 1. The minimum atomic E-state index is -0.859. The van der Waals surface area contributed by atoms with Gasteiger partial charge in [-0.25, -0.2) is 9.97 Å². The minimum absolute atomic E-state index is 0.0241. The standard InChI is InChI=1S/C23H29N3O2/c1-2-8-20-18(15-24-16-25-20)22(27)26-14-13-23(28,17-9-4-3-5-10-17)19-11-6-7-12-21(19)26/h3-5,9-10,15-16,19,21,28H,2,6-8,11-14H2,1H3/t19-,21-,23+/m0/s1. The molecule has 5 heteroatoms. The number of aromatic nitrogens is 2. The van der Waals surface area contributed by atoms with E-state index in [0.717, 1.165) is 49.8 Å². The van der Waals surface area contributed by atoms with Crippen molar-refractivity contribution >= 4 is 5.91 Å². The number of fused-ring (bicyclic) bond motifs is 1. The number of rotatable bonds is 4. The number of nitrogens with zero attached hydrogens (tertiary/aromatic N) is 3. The summed E-state index contributed by atoms with van der Waals surface area (Å²) in [5, 5.41) is 11.7. The highest BCUT2D eigenvalue weighted by atomic mass is 16.3. The molecule has 1 aromatic carbocycles. The predicted molar refractivity (Wildman–Crippen MR) is 108 cm³/mol. The van der Waals surface area contributed by atoms with Crippen LogP contribution < -0.4 is 0 Å². The van der Waals surface area contributed by atoms with Crippen molar-refractivity contribution in [1.29, 1.82) is 0 Å². The average Bonchev–Trinajstić information content (AvgIpc) is 2.75. The van der Waals surface area contributed by atoms with E-state index in [4.69, 9.17) is 0 Å². The molecule has 0 bridgehead atoms. The fourth-order valence-corrected chi connectivity index (χ4v) is 5.15. The van der Waals surface area contributed by atoms with Crippen molar-refractivity contribution in [2.24, 2.45) is 5.92 Å². The number of aryl methyl sites for hydroxylation is 1. The van der Waals surface area contributed by atoms with Gasteiger partial charge in [0.1, 0.15) is 6.33 Å². The van der Waals surface area contributed by atoms with E-state index in [1.54, 1.807) is 6.20 Å². The van der Waals surface area contributed by atoms with Gasteiger partial charge in [0.2, 0.25) is 0 Å². The number of hydrogen-bond acceptors (Lipinski definition) is 4. The number of aliphatic hydroxyl groups is 1. The van der Waals surface area contributed by atoms with Gasteiger partial charge in [-0.15, -0.1) is 0 Å². The highest BCUT2D eigenvalue weighted by Crippen LogP contribution is 2.47. The lowest BCUT2D eigenvalue weighted by atomic mass is 9.66. The van der Waals surface area contributed by atoms with Crippen molar-refractivity contribution in [3.63, 3.8) is 0 Å². The van der Waals surface area contributed by atoms with E-state index < -0.39 is 5.60 Å². The molecular weight excluding hydrogens is 350 g/mol. The summed E-state index contributed by atoms with van der Waals surface area (Å²) in [4.78, 5) is 23.9. The zero-order valence-corrected chi connectivity index (χ0v) is 16.6. The maximum atomic E-state index is 13.5. The lowest BCUT2D eigenvalue weighted by Crippen LogP contribution is -2.59. The summed E-state index contributed by atoms with van der Waals surface area (Å²) in [5.41, 5.74) is 1.58. The molecule has 2 aromatic rings. The summed E-state index contributed by atoms with van der Waals surface area (Å²) in [5.74, 6) is 0.0941. The fraction of sp³-hybridized carbons (Fsp3) is 0.522. The van der Waals surface area contributed by atoms with Crippen molar-refractivity contribution in [3.05, 3.63) is 59.7 Å². The van der Waals surface area contributed by atoms with E-state index in [1.165, 1.54) is 6.33 Å². The van der Waals surface area contributed by atoms with Crippen LogP contribution in [0.2, 0.25) is 0 Å². The summed E-state index contributed by atoms with van der Waals surface area (Å²) >= 11 is 0. The second kappa shape index (κ2) is 8.00. The summed E-state index contributed by atoms with van der Waals surface area (Å²) in [7, 11) is 0. The molecule has 0 unspecified atom stereocenters. The molecule has 2 heterocycles. The number of carbonyl (C=O) groups is 1.